The van der Waals surface area contributed by atoms with Crippen molar-refractivity contribution in [3.05, 3.63) is 77.1 Å². The molecule has 0 saturated heterocycles. The third kappa shape index (κ3) is 4.84. The Labute approximate surface area is 166 Å². The van der Waals surface area contributed by atoms with Crippen LogP contribution in [0.1, 0.15) is 17.0 Å². The molecule has 3 rings (SSSR count). The van der Waals surface area contributed by atoms with Crippen LogP contribution in [-0.2, 0) is 20.7 Å². The van der Waals surface area contributed by atoms with Gasteiger partial charge in [0.1, 0.15) is 11.6 Å². The average Bonchev–Trinajstić information content (AvgIpc) is 2.97. The fraction of sp³-hybridized carbons (Fsp3) is 0.190. The average molecular weight is 399 g/mol. The number of ether oxygens (including phenoxy) is 1. The summed E-state index contributed by atoms with van der Waals surface area (Å²) in [4.78, 5) is 24.0. The first-order valence-electron chi connectivity index (χ1n) is 8.86. The van der Waals surface area contributed by atoms with Gasteiger partial charge in [-0.1, -0.05) is 18.2 Å². The minimum atomic E-state index is -0.913. The number of nitrogens with one attached hydrogen (secondary N) is 1. The molecule has 0 bridgehead atoms. The summed E-state index contributed by atoms with van der Waals surface area (Å²) in [6.07, 6.45) is -0.0529. The van der Waals surface area contributed by atoms with Gasteiger partial charge in [0.25, 0.3) is 5.91 Å². The number of esters is 1. The lowest BCUT2D eigenvalue weighted by atomic mass is 10.1. The molecule has 1 aromatic heterocycles. The number of hydrogen-bond donors (Lipinski definition) is 1. The number of nitrogens with zero attached hydrogens (tertiary/aromatic N) is 2. The summed E-state index contributed by atoms with van der Waals surface area (Å²) in [7, 11) is 0. The molecule has 2 aromatic carbocycles. The second-order valence-corrected chi connectivity index (χ2v) is 6.41. The largest absolute Gasteiger partial charge is 0.455 e. The molecule has 0 spiro atoms. The normalized spacial score (nSPS) is 10.6. The van der Waals surface area contributed by atoms with Crippen molar-refractivity contribution in [1.82, 2.24) is 9.78 Å². The monoisotopic (exact) mass is 399 g/mol. The molecule has 8 heteroatoms. The van der Waals surface area contributed by atoms with Gasteiger partial charge in [-0.25, -0.2) is 13.5 Å². The number of hydrogen-bond acceptors (Lipinski definition) is 4. The standard InChI is InChI=1S/C21H19F2N3O3/c1-13-17(14(2)26(25-13)16-6-4-3-5-7-16)11-21(28)29-12-20(27)24-19-9-8-15(22)10-18(19)23/h3-10H,11-12H2,1-2H3,(H,24,27). The number of anilines is 1. The number of aryl methyl sites for hydroxylation is 1. The van der Waals surface area contributed by atoms with E-state index in [4.69, 9.17) is 4.74 Å². The Morgan fingerprint density at radius 2 is 1.83 bits per heavy atom. The number of carbonyl (C=O) groups excluding carboxylic acids is 2. The van der Waals surface area contributed by atoms with Crippen molar-refractivity contribution in [1.29, 1.82) is 0 Å². The fourth-order valence-electron chi connectivity index (χ4n) is 2.87. The SMILES string of the molecule is Cc1nn(-c2ccccc2)c(C)c1CC(=O)OCC(=O)Nc1ccc(F)cc1F. The lowest BCUT2D eigenvalue weighted by Crippen LogP contribution is -2.22. The van der Waals surface area contributed by atoms with Gasteiger partial charge >= 0.3 is 5.97 Å². The van der Waals surface area contributed by atoms with E-state index in [1.807, 2.05) is 37.3 Å². The van der Waals surface area contributed by atoms with Crippen LogP contribution in [0.15, 0.2) is 48.5 Å². The molecule has 0 aliphatic heterocycles. The molecule has 1 amide bonds. The Balaban J connectivity index is 1.60. The second-order valence-electron chi connectivity index (χ2n) is 6.41. The van der Waals surface area contributed by atoms with Crippen molar-refractivity contribution in [2.24, 2.45) is 0 Å². The maximum absolute atomic E-state index is 13.6. The lowest BCUT2D eigenvalue weighted by Gasteiger charge is -2.08. The smallest absolute Gasteiger partial charge is 0.310 e. The predicted molar refractivity (Wildman–Crippen MR) is 103 cm³/mol. The zero-order chi connectivity index (χ0) is 21.0. The quantitative estimate of drug-likeness (QED) is 0.644. The molecular formula is C21H19F2N3O3. The minimum Gasteiger partial charge on any atom is -0.455 e. The number of halogens is 2. The van der Waals surface area contributed by atoms with Gasteiger partial charge in [-0.05, 0) is 38.1 Å². The van der Waals surface area contributed by atoms with E-state index in [1.165, 1.54) is 0 Å². The Kier molecular flexibility index (Phi) is 6.01. The first kappa shape index (κ1) is 20.2. The van der Waals surface area contributed by atoms with Gasteiger partial charge in [-0.15, -0.1) is 0 Å². The van der Waals surface area contributed by atoms with E-state index < -0.39 is 30.1 Å². The molecule has 0 saturated carbocycles. The van der Waals surface area contributed by atoms with Crippen LogP contribution in [0.25, 0.3) is 5.69 Å². The van der Waals surface area contributed by atoms with E-state index >= 15 is 0 Å². The molecule has 1 N–H and O–H groups in total. The molecule has 0 unspecified atom stereocenters. The van der Waals surface area contributed by atoms with Gasteiger partial charge in [0.15, 0.2) is 6.61 Å². The molecule has 1 heterocycles. The number of rotatable bonds is 6. The first-order chi connectivity index (χ1) is 13.8. The van der Waals surface area contributed by atoms with Crippen molar-refractivity contribution in [2.45, 2.75) is 20.3 Å². The number of aromatic nitrogens is 2. The van der Waals surface area contributed by atoms with Gasteiger partial charge in [0.2, 0.25) is 0 Å². The molecule has 150 valence electrons. The van der Waals surface area contributed by atoms with Crippen LogP contribution in [0.5, 0.6) is 0 Å². The minimum absolute atomic E-state index is 0.0529. The lowest BCUT2D eigenvalue weighted by molar-refractivity contribution is -0.146. The summed E-state index contributed by atoms with van der Waals surface area (Å²) < 4.78 is 33.2. The zero-order valence-electron chi connectivity index (χ0n) is 15.9. The van der Waals surface area contributed by atoms with Gasteiger partial charge in [0.05, 0.1) is 23.5 Å². The Bertz CT molecular complexity index is 1050. The van der Waals surface area contributed by atoms with Crippen LogP contribution < -0.4 is 5.32 Å². The van der Waals surface area contributed by atoms with Gasteiger partial charge in [0, 0.05) is 17.3 Å². The van der Waals surface area contributed by atoms with Crippen LogP contribution in [-0.4, -0.2) is 28.3 Å². The van der Waals surface area contributed by atoms with Crippen molar-refractivity contribution in [3.63, 3.8) is 0 Å². The highest BCUT2D eigenvalue weighted by molar-refractivity contribution is 5.93. The van der Waals surface area contributed by atoms with E-state index in [2.05, 4.69) is 10.4 Å². The highest BCUT2D eigenvalue weighted by atomic mass is 19.1. The molecule has 6 nitrogen and oxygen atoms in total. The van der Waals surface area contributed by atoms with E-state index in [0.717, 1.165) is 23.5 Å². The maximum Gasteiger partial charge on any atom is 0.310 e. The van der Waals surface area contributed by atoms with Gasteiger partial charge in [-0.2, -0.15) is 5.10 Å². The Hall–Kier alpha value is -3.55. The Morgan fingerprint density at radius 1 is 1.10 bits per heavy atom. The van der Waals surface area contributed by atoms with Crippen LogP contribution in [0.2, 0.25) is 0 Å². The first-order valence-corrected chi connectivity index (χ1v) is 8.86. The zero-order valence-corrected chi connectivity index (χ0v) is 15.9. The van der Waals surface area contributed by atoms with E-state index in [1.54, 1.807) is 11.6 Å². The molecule has 29 heavy (non-hydrogen) atoms. The van der Waals surface area contributed by atoms with Gasteiger partial charge in [-0.3, -0.25) is 9.59 Å². The number of carbonyl (C=O) groups is 2. The molecule has 0 fully saturated rings. The van der Waals surface area contributed by atoms with Crippen molar-refractivity contribution in [3.8, 4) is 5.69 Å². The summed E-state index contributed by atoms with van der Waals surface area (Å²) in [5, 5.41) is 6.69. The van der Waals surface area contributed by atoms with Crippen LogP contribution in [0, 0.1) is 25.5 Å². The maximum atomic E-state index is 13.6. The molecule has 0 radical (unpaired) electrons. The molecule has 0 atom stereocenters. The van der Waals surface area contributed by atoms with Gasteiger partial charge < -0.3 is 10.1 Å². The summed E-state index contributed by atoms with van der Waals surface area (Å²) in [6.45, 7) is 3.05. The van der Waals surface area contributed by atoms with Crippen molar-refractivity contribution >= 4 is 17.6 Å². The van der Waals surface area contributed by atoms with E-state index in [-0.39, 0.29) is 12.1 Å². The fourth-order valence-corrected chi connectivity index (χ4v) is 2.87. The third-order valence-corrected chi connectivity index (χ3v) is 4.33. The van der Waals surface area contributed by atoms with Crippen molar-refractivity contribution in [2.75, 3.05) is 11.9 Å². The number of benzene rings is 2. The highest BCUT2D eigenvalue weighted by Crippen LogP contribution is 2.19. The predicted octanol–water partition coefficient (Wildman–Crippen LogP) is 3.49. The third-order valence-electron chi connectivity index (χ3n) is 4.33. The molecular weight excluding hydrogens is 380 g/mol. The van der Waals surface area contributed by atoms with Crippen LogP contribution in [0.4, 0.5) is 14.5 Å². The molecule has 0 aliphatic carbocycles. The summed E-state index contributed by atoms with van der Waals surface area (Å²) in [5.74, 6) is -3.01. The Morgan fingerprint density at radius 3 is 2.52 bits per heavy atom. The summed E-state index contributed by atoms with van der Waals surface area (Å²) >= 11 is 0. The highest BCUT2D eigenvalue weighted by Gasteiger charge is 2.18. The summed E-state index contributed by atoms with van der Waals surface area (Å²) in [5.41, 5.74) is 2.87. The molecule has 0 aliphatic rings. The topological polar surface area (TPSA) is 73.2 Å². The van der Waals surface area contributed by atoms with Crippen LogP contribution in [0.3, 0.4) is 0 Å². The number of para-hydroxylation sites is 1. The van der Waals surface area contributed by atoms with E-state index in [0.29, 0.717) is 17.3 Å². The van der Waals surface area contributed by atoms with Crippen molar-refractivity contribution < 1.29 is 23.1 Å². The van der Waals surface area contributed by atoms with Crippen LogP contribution >= 0.6 is 0 Å². The molecule has 3 aromatic rings. The van der Waals surface area contributed by atoms with E-state index in [9.17, 15) is 18.4 Å². The summed E-state index contributed by atoms with van der Waals surface area (Å²) in [6, 6.07) is 12.2. The second kappa shape index (κ2) is 8.64. The number of amides is 1.